The molecule has 0 spiro atoms. The number of ketones is 1. The molecule has 1 atom stereocenters. The van der Waals surface area contributed by atoms with Gasteiger partial charge in [-0.1, -0.05) is 23.7 Å². The van der Waals surface area contributed by atoms with E-state index in [-0.39, 0.29) is 11.3 Å². The molecule has 1 amide bonds. The minimum atomic E-state index is -0.730. The molecule has 2 aliphatic rings. The van der Waals surface area contributed by atoms with Crippen molar-refractivity contribution in [1.82, 2.24) is 9.80 Å². The van der Waals surface area contributed by atoms with Gasteiger partial charge in [-0.25, -0.2) is 0 Å². The third kappa shape index (κ3) is 5.51. The molecule has 2 aliphatic heterocycles. The molecule has 9 heteroatoms. The number of rotatable bonds is 9. The Morgan fingerprint density at radius 1 is 1.11 bits per heavy atom. The molecule has 0 bridgehead atoms. The number of hydrogen-bond donors (Lipinski definition) is 1. The second kappa shape index (κ2) is 11.8. The van der Waals surface area contributed by atoms with Gasteiger partial charge in [0.05, 0.1) is 43.6 Å². The van der Waals surface area contributed by atoms with E-state index in [9.17, 15) is 14.7 Å². The van der Waals surface area contributed by atoms with Gasteiger partial charge in [-0.05, 0) is 49.2 Å². The van der Waals surface area contributed by atoms with Crippen LogP contribution in [-0.2, 0) is 14.3 Å². The van der Waals surface area contributed by atoms with Crippen LogP contribution in [0.5, 0.6) is 11.5 Å². The van der Waals surface area contributed by atoms with Crippen molar-refractivity contribution in [2.75, 3.05) is 53.1 Å². The number of amides is 1. The number of nitrogens with zero attached hydrogens (tertiary/aromatic N) is 2. The molecular formula is C27H31ClN2O6. The molecule has 4 rings (SSSR count). The van der Waals surface area contributed by atoms with Gasteiger partial charge in [0.2, 0.25) is 0 Å². The number of halogens is 1. The topological polar surface area (TPSA) is 88.5 Å². The highest BCUT2D eigenvalue weighted by atomic mass is 35.5. The number of aliphatic hydroxyl groups is 1. The molecule has 0 unspecified atom stereocenters. The number of likely N-dealkylation sites (tertiary alicyclic amines) is 1. The molecule has 0 aliphatic carbocycles. The summed E-state index contributed by atoms with van der Waals surface area (Å²) < 4.78 is 16.2. The van der Waals surface area contributed by atoms with Crippen LogP contribution in [0, 0.1) is 0 Å². The van der Waals surface area contributed by atoms with E-state index in [1.807, 2.05) is 19.1 Å². The molecule has 0 saturated carbocycles. The first-order chi connectivity index (χ1) is 17.4. The zero-order valence-corrected chi connectivity index (χ0v) is 21.3. The van der Waals surface area contributed by atoms with Crippen LogP contribution in [0.25, 0.3) is 5.76 Å². The van der Waals surface area contributed by atoms with Crippen molar-refractivity contribution in [2.24, 2.45) is 0 Å². The monoisotopic (exact) mass is 514 g/mol. The number of methoxy groups -OCH3 is 1. The molecule has 2 aromatic rings. The van der Waals surface area contributed by atoms with Gasteiger partial charge in [-0.15, -0.1) is 0 Å². The first-order valence-electron chi connectivity index (χ1n) is 12.1. The molecule has 36 heavy (non-hydrogen) atoms. The Morgan fingerprint density at radius 3 is 2.47 bits per heavy atom. The van der Waals surface area contributed by atoms with E-state index >= 15 is 0 Å². The number of aliphatic hydroxyl groups excluding tert-OH is 1. The SMILES string of the molecule is CCOc1ccc([C@H]2C(=C(O)c3ccc(OC)c(Cl)c3)C(=O)C(=O)N2CCCN2CCOCC2)cc1. The van der Waals surface area contributed by atoms with Crippen molar-refractivity contribution < 1.29 is 28.9 Å². The number of carbonyl (C=O) groups is 2. The van der Waals surface area contributed by atoms with E-state index in [4.69, 9.17) is 25.8 Å². The van der Waals surface area contributed by atoms with Gasteiger partial charge in [0, 0.05) is 31.7 Å². The van der Waals surface area contributed by atoms with Crippen molar-refractivity contribution >= 4 is 29.1 Å². The zero-order valence-electron chi connectivity index (χ0n) is 20.5. The maximum absolute atomic E-state index is 13.2. The van der Waals surface area contributed by atoms with Crippen molar-refractivity contribution in [1.29, 1.82) is 0 Å². The fourth-order valence-electron chi connectivity index (χ4n) is 4.63. The number of ether oxygens (including phenoxy) is 3. The second-order valence-electron chi connectivity index (χ2n) is 8.65. The summed E-state index contributed by atoms with van der Waals surface area (Å²) in [5.74, 6) is -0.485. The maximum atomic E-state index is 13.2. The lowest BCUT2D eigenvalue weighted by Crippen LogP contribution is -2.38. The second-order valence-corrected chi connectivity index (χ2v) is 9.06. The summed E-state index contributed by atoms with van der Waals surface area (Å²) in [6, 6.07) is 11.3. The summed E-state index contributed by atoms with van der Waals surface area (Å²) in [7, 11) is 1.50. The van der Waals surface area contributed by atoms with Crippen LogP contribution in [0.2, 0.25) is 5.02 Å². The average molecular weight is 515 g/mol. The average Bonchev–Trinajstić information content (AvgIpc) is 3.14. The third-order valence-corrected chi connectivity index (χ3v) is 6.74. The fourth-order valence-corrected chi connectivity index (χ4v) is 4.89. The summed E-state index contributed by atoms with van der Waals surface area (Å²) in [6.45, 7) is 6.67. The minimum absolute atomic E-state index is 0.0387. The number of hydrogen-bond acceptors (Lipinski definition) is 7. The molecule has 1 N–H and O–H groups in total. The quantitative estimate of drug-likeness (QED) is 0.308. The highest BCUT2D eigenvalue weighted by Crippen LogP contribution is 2.40. The number of carbonyl (C=O) groups excluding carboxylic acids is 2. The van der Waals surface area contributed by atoms with E-state index in [2.05, 4.69) is 4.90 Å². The Labute approximate surface area is 216 Å². The summed E-state index contributed by atoms with van der Waals surface area (Å²) >= 11 is 6.27. The zero-order chi connectivity index (χ0) is 25.7. The lowest BCUT2D eigenvalue weighted by atomic mass is 9.95. The van der Waals surface area contributed by atoms with Gasteiger partial charge in [-0.2, -0.15) is 0 Å². The first-order valence-corrected chi connectivity index (χ1v) is 12.5. The number of Topliss-reactive ketones (excluding diaryl/α,β-unsaturated/α-hetero) is 1. The van der Waals surface area contributed by atoms with Gasteiger partial charge in [0.15, 0.2) is 0 Å². The van der Waals surface area contributed by atoms with Gasteiger partial charge < -0.3 is 24.2 Å². The van der Waals surface area contributed by atoms with Crippen LogP contribution < -0.4 is 9.47 Å². The molecule has 2 aromatic carbocycles. The summed E-state index contributed by atoms with van der Waals surface area (Å²) in [5.41, 5.74) is 1.09. The van der Waals surface area contributed by atoms with E-state index in [1.54, 1.807) is 29.2 Å². The van der Waals surface area contributed by atoms with Crippen LogP contribution in [-0.4, -0.2) is 79.7 Å². The predicted octanol–water partition coefficient (Wildman–Crippen LogP) is 3.89. The van der Waals surface area contributed by atoms with Gasteiger partial charge in [0.1, 0.15) is 17.3 Å². The smallest absolute Gasteiger partial charge is 0.295 e. The van der Waals surface area contributed by atoms with Crippen molar-refractivity contribution in [3.63, 3.8) is 0 Å². The van der Waals surface area contributed by atoms with Gasteiger partial charge >= 0.3 is 0 Å². The third-order valence-electron chi connectivity index (χ3n) is 6.45. The van der Waals surface area contributed by atoms with Gasteiger partial charge in [0.25, 0.3) is 11.7 Å². The molecule has 8 nitrogen and oxygen atoms in total. The minimum Gasteiger partial charge on any atom is -0.507 e. The molecule has 0 aromatic heterocycles. The van der Waals surface area contributed by atoms with E-state index in [0.717, 1.165) is 19.6 Å². The Hall–Kier alpha value is -3.07. The van der Waals surface area contributed by atoms with E-state index in [1.165, 1.54) is 13.2 Å². The number of benzene rings is 2. The van der Waals surface area contributed by atoms with Crippen LogP contribution >= 0.6 is 11.6 Å². The maximum Gasteiger partial charge on any atom is 0.295 e. The largest absolute Gasteiger partial charge is 0.507 e. The summed E-state index contributed by atoms with van der Waals surface area (Å²) in [4.78, 5) is 30.3. The predicted molar refractivity (Wildman–Crippen MR) is 137 cm³/mol. The van der Waals surface area contributed by atoms with Crippen LogP contribution in [0.1, 0.15) is 30.5 Å². The first kappa shape index (κ1) is 26.0. The Kier molecular flexibility index (Phi) is 8.51. The van der Waals surface area contributed by atoms with E-state index < -0.39 is 17.7 Å². The van der Waals surface area contributed by atoms with Crippen molar-refractivity contribution in [3.8, 4) is 11.5 Å². The molecule has 2 saturated heterocycles. The summed E-state index contributed by atoms with van der Waals surface area (Å²) in [5, 5.41) is 11.5. The summed E-state index contributed by atoms with van der Waals surface area (Å²) in [6.07, 6.45) is 0.689. The Bertz CT molecular complexity index is 1130. The molecule has 0 radical (unpaired) electrons. The standard InChI is InChI=1S/C27H31ClN2O6/c1-3-36-20-8-5-18(6-9-20)24-23(25(31)19-7-10-22(34-2)21(28)17-19)26(32)27(33)30(24)12-4-11-29-13-15-35-16-14-29/h5-10,17,24,31H,3-4,11-16H2,1-2H3/t24-/m0/s1. The fraction of sp³-hybridized carbons (Fsp3) is 0.407. The normalized spacial score (nSPS) is 20.1. The molecular weight excluding hydrogens is 484 g/mol. The van der Waals surface area contributed by atoms with Crippen LogP contribution in [0.15, 0.2) is 48.0 Å². The molecule has 2 fully saturated rings. The highest BCUT2D eigenvalue weighted by Gasteiger charge is 2.45. The van der Waals surface area contributed by atoms with Crippen molar-refractivity contribution in [3.05, 3.63) is 64.2 Å². The van der Waals surface area contributed by atoms with Gasteiger partial charge in [-0.3, -0.25) is 14.5 Å². The van der Waals surface area contributed by atoms with Crippen LogP contribution in [0.4, 0.5) is 0 Å². The number of morpholine rings is 1. The van der Waals surface area contributed by atoms with Crippen LogP contribution in [0.3, 0.4) is 0 Å². The molecule has 2 heterocycles. The molecule has 192 valence electrons. The Morgan fingerprint density at radius 2 is 1.83 bits per heavy atom. The lowest BCUT2D eigenvalue weighted by Gasteiger charge is -2.29. The Balaban J connectivity index is 1.68. The lowest BCUT2D eigenvalue weighted by molar-refractivity contribution is -0.140. The highest BCUT2D eigenvalue weighted by molar-refractivity contribution is 6.46. The van der Waals surface area contributed by atoms with Crippen molar-refractivity contribution in [2.45, 2.75) is 19.4 Å². The van der Waals surface area contributed by atoms with E-state index in [0.29, 0.717) is 60.4 Å².